The van der Waals surface area contributed by atoms with Crippen LogP contribution in [-0.2, 0) is 4.74 Å². The van der Waals surface area contributed by atoms with E-state index in [1.165, 1.54) is 10.9 Å². The first-order valence-corrected chi connectivity index (χ1v) is 5.48. The van der Waals surface area contributed by atoms with Crippen LogP contribution in [0.15, 0.2) is 34.9 Å². The second-order valence-corrected chi connectivity index (χ2v) is 4.10. The van der Waals surface area contributed by atoms with Crippen molar-refractivity contribution < 1.29 is 9.15 Å². The Morgan fingerprint density at radius 2 is 1.93 bits per heavy atom. The fraction of sp³-hybridized carbons (Fsp3) is 0.385. The first-order valence-electron chi connectivity index (χ1n) is 5.48. The highest BCUT2D eigenvalue weighted by Crippen LogP contribution is 2.29. The Morgan fingerprint density at radius 3 is 2.80 bits per heavy atom. The maximum atomic E-state index is 5.38. The van der Waals surface area contributed by atoms with Crippen molar-refractivity contribution in [3.05, 3.63) is 36.1 Å². The first kappa shape index (κ1) is 8.98. The maximum Gasteiger partial charge on any atom is 0.133 e. The third kappa shape index (κ3) is 1.65. The van der Waals surface area contributed by atoms with E-state index < -0.39 is 0 Å². The highest BCUT2D eigenvalue weighted by Gasteiger charge is 2.16. The highest BCUT2D eigenvalue weighted by molar-refractivity contribution is 5.77. The quantitative estimate of drug-likeness (QED) is 0.707. The van der Waals surface area contributed by atoms with Gasteiger partial charge in [-0.15, -0.1) is 0 Å². The van der Waals surface area contributed by atoms with Gasteiger partial charge in [0.2, 0.25) is 0 Å². The molecule has 2 heteroatoms. The molecule has 1 aliphatic heterocycles. The molecule has 1 saturated heterocycles. The summed E-state index contributed by atoms with van der Waals surface area (Å²) in [6.45, 7) is 1.79. The topological polar surface area (TPSA) is 22.4 Å². The van der Waals surface area contributed by atoms with Gasteiger partial charge in [0.05, 0.1) is 6.26 Å². The molecule has 2 nitrogen and oxygen atoms in total. The second kappa shape index (κ2) is 3.70. The maximum absolute atomic E-state index is 5.38. The van der Waals surface area contributed by atoms with Crippen molar-refractivity contribution in [2.45, 2.75) is 18.8 Å². The molecule has 15 heavy (non-hydrogen) atoms. The minimum Gasteiger partial charge on any atom is -0.464 e. The SMILES string of the molecule is c1cc2cc(C3CCOCC3)ccc2o1. The van der Waals surface area contributed by atoms with Crippen LogP contribution in [0.5, 0.6) is 0 Å². The van der Waals surface area contributed by atoms with Gasteiger partial charge in [0.25, 0.3) is 0 Å². The van der Waals surface area contributed by atoms with Crippen LogP contribution in [0.2, 0.25) is 0 Å². The van der Waals surface area contributed by atoms with E-state index in [0.29, 0.717) is 5.92 Å². The number of rotatable bonds is 1. The predicted octanol–water partition coefficient (Wildman–Crippen LogP) is 3.33. The predicted molar refractivity (Wildman–Crippen MR) is 59.0 cm³/mol. The van der Waals surface area contributed by atoms with Gasteiger partial charge in [-0.05, 0) is 42.5 Å². The summed E-state index contributed by atoms with van der Waals surface area (Å²) in [6.07, 6.45) is 4.03. The van der Waals surface area contributed by atoms with Crippen LogP contribution in [0.25, 0.3) is 11.0 Å². The van der Waals surface area contributed by atoms with Crippen molar-refractivity contribution in [3.63, 3.8) is 0 Å². The summed E-state index contributed by atoms with van der Waals surface area (Å²) in [5.41, 5.74) is 2.40. The number of fused-ring (bicyclic) bond motifs is 1. The Labute approximate surface area is 88.8 Å². The molecule has 0 bridgehead atoms. The molecule has 0 atom stereocenters. The minimum absolute atomic E-state index is 0.665. The summed E-state index contributed by atoms with van der Waals surface area (Å²) < 4.78 is 10.7. The fourth-order valence-electron chi connectivity index (χ4n) is 2.27. The zero-order valence-electron chi connectivity index (χ0n) is 8.61. The smallest absolute Gasteiger partial charge is 0.133 e. The molecule has 78 valence electrons. The lowest BCUT2D eigenvalue weighted by Gasteiger charge is -2.22. The molecule has 3 rings (SSSR count). The highest BCUT2D eigenvalue weighted by atomic mass is 16.5. The molecule has 0 radical (unpaired) electrons. The van der Waals surface area contributed by atoms with E-state index >= 15 is 0 Å². The summed E-state index contributed by atoms with van der Waals surface area (Å²) in [7, 11) is 0. The van der Waals surface area contributed by atoms with E-state index in [9.17, 15) is 0 Å². The van der Waals surface area contributed by atoms with E-state index in [-0.39, 0.29) is 0 Å². The molecule has 0 aliphatic carbocycles. The van der Waals surface area contributed by atoms with Crippen molar-refractivity contribution in [3.8, 4) is 0 Å². The van der Waals surface area contributed by atoms with E-state index in [1.54, 1.807) is 6.26 Å². The van der Waals surface area contributed by atoms with Crippen LogP contribution in [-0.4, -0.2) is 13.2 Å². The van der Waals surface area contributed by atoms with Gasteiger partial charge in [-0.3, -0.25) is 0 Å². The monoisotopic (exact) mass is 202 g/mol. The van der Waals surface area contributed by atoms with Crippen LogP contribution >= 0.6 is 0 Å². The molecule has 0 N–H and O–H groups in total. The summed E-state index contributed by atoms with van der Waals surface area (Å²) in [6, 6.07) is 8.52. The number of hydrogen-bond donors (Lipinski definition) is 0. The Hall–Kier alpha value is -1.28. The molecule has 1 aliphatic rings. The number of ether oxygens (including phenoxy) is 1. The van der Waals surface area contributed by atoms with Gasteiger partial charge >= 0.3 is 0 Å². The normalized spacial score (nSPS) is 18.4. The lowest BCUT2D eigenvalue weighted by Crippen LogP contribution is -2.13. The minimum atomic E-state index is 0.665. The van der Waals surface area contributed by atoms with Gasteiger partial charge < -0.3 is 9.15 Å². The average Bonchev–Trinajstić information content (AvgIpc) is 2.77. The van der Waals surface area contributed by atoms with E-state index in [0.717, 1.165) is 31.6 Å². The average molecular weight is 202 g/mol. The van der Waals surface area contributed by atoms with E-state index in [2.05, 4.69) is 18.2 Å². The van der Waals surface area contributed by atoms with Gasteiger partial charge in [0, 0.05) is 18.6 Å². The lowest BCUT2D eigenvalue weighted by molar-refractivity contribution is 0.0853. The number of furan rings is 1. The van der Waals surface area contributed by atoms with Gasteiger partial charge in [0.1, 0.15) is 5.58 Å². The standard InChI is InChI=1S/C13H14O2/c1-2-13-12(5-8-15-13)9-11(1)10-3-6-14-7-4-10/h1-2,5,8-10H,3-4,6-7H2. The van der Waals surface area contributed by atoms with Crippen LogP contribution in [0.1, 0.15) is 24.3 Å². The van der Waals surface area contributed by atoms with Gasteiger partial charge in [0.15, 0.2) is 0 Å². The Balaban J connectivity index is 1.95. The van der Waals surface area contributed by atoms with Crippen molar-refractivity contribution in [2.24, 2.45) is 0 Å². The Morgan fingerprint density at radius 1 is 1.07 bits per heavy atom. The summed E-state index contributed by atoms with van der Waals surface area (Å²) >= 11 is 0. The zero-order valence-corrected chi connectivity index (χ0v) is 8.61. The van der Waals surface area contributed by atoms with Gasteiger partial charge in [-0.25, -0.2) is 0 Å². The molecule has 1 aromatic heterocycles. The van der Waals surface area contributed by atoms with Crippen LogP contribution < -0.4 is 0 Å². The fourth-order valence-corrected chi connectivity index (χ4v) is 2.27. The molecule has 2 heterocycles. The zero-order chi connectivity index (χ0) is 10.1. The van der Waals surface area contributed by atoms with E-state index in [4.69, 9.17) is 9.15 Å². The molecule has 1 aromatic carbocycles. The molecule has 0 spiro atoms. The third-order valence-corrected chi connectivity index (χ3v) is 3.17. The summed E-state index contributed by atoms with van der Waals surface area (Å²) in [5, 5.41) is 1.21. The molecule has 0 unspecified atom stereocenters. The Kier molecular flexibility index (Phi) is 2.22. The molecule has 0 saturated carbocycles. The van der Waals surface area contributed by atoms with Gasteiger partial charge in [-0.1, -0.05) is 6.07 Å². The second-order valence-electron chi connectivity index (χ2n) is 4.10. The van der Waals surface area contributed by atoms with Gasteiger partial charge in [-0.2, -0.15) is 0 Å². The van der Waals surface area contributed by atoms with Crippen molar-refractivity contribution in [1.29, 1.82) is 0 Å². The number of benzene rings is 1. The number of hydrogen-bond acceptors (Lipinski definition) is 2. The van der Waals surface area contributed by atoms with Crippen LogP contribution in [0.3, 0.4) is 0 Å². The summed E-state index contributed by atoms with van der Waals surface area (Å²) in [5.74, 6) is 0.665. The third-order valence-electron chi connectivity index (χ3n) is 3.17. The van der Waals surface area contributed by atoms with Crippen molar-refractivity contribution in [2.75, 3.05) is 13.2 Å². The molecular weight excluding hydrogens is 188 g/mol. The van der Waals surface area contributed by atoms with Crippen LogP contribution in [0.4, 0.5) is 0 Å². The molecular formula is C13H14O2. The van der Waals surface area contributed by atoms with Crippen molar-refractivity contribution >= 4 is 11.0 Å². The Bertz CT molecular complexity index is 452. The van der Waals surface area contributed by atoms with E-state index in [1.807, 2.05) is 6.07 Å². The molecule has 2 aromatic rings. The molecule has 0 amide bonds. The summed E-state index contributed by atoms with van der Waals surface area (Å²) in [4.78, 5) is 0. The lowest BCUT2D eigenvalue weighted by atomic mass is 9.91. The molecule has 1 fully saturated rings. The first-order chi connectivity index (χ1) is 7.43. The van der Waals surface area contributed by atoms with Crippen LogP contribution in [0, 0.1) is 0 Å². The van der Waals surface area contributed by atoms with Crippen molar-refractivity contribution in [1.82, 2.24) is 0 Å². The largest absolute Gasteiger partial charge is 0.464 e.